The van der Waals surface area contributed by atoms with Crippen LogP contribution in [0.1, 0.15) is 25.8 Å². The fraction of sp³-hybridized carbons (Fsp3) is 0.280. The maximum atomic E-state index is 13.3. The predicted molar refractivity (Wildman–Crippen MR) is 127 cm³/mol. The van der Waals surface area contributed by atoms with E-state index in [4.69, 9.17) is 0 Å². The zero-order valence-electron chi connectivity index (χ0n) is 18.6. The predicted octanol–water partition coefficient (Wildman–Crippen LogP) is 3.16. The highest BCUT2D eigenvalue weighted by Gasteiger charge is 2.31. The number of carbonyl (C=O) groups is 2. The molecule has 3 atom stereocenters. The van der Waals surface area contributed by atoms with Crippen LogP contribution >= 0.6 is 0 Å². The fourth-order valence-electron chi connectivity index (χ4n) is 3.62. The van der Waals surface area contributed by atoms with Crippen molar-refractivity contribution in [2.75, 3.05) is 0 Å². The van der Waals surface area contributed by atoms with Crippen LogP contribution in [0.2, 0.25) is 0 Å². The third-order valence-electron chi connectivity index (χ3n) is 5.70. The zero-order chi connectivity index (χ0) is 24.0. The molecule has 0 bridgehead atoms. The first-order chi connectivity index (χ1) is 15.7. The van der Waals surface area contributed by atoms with E-state index < -0.39 is 28.0 Å². The first-order valence-corrected chi connectivity index (χ1v) is 12.3. The largest absolute Gasteiger partial charge is 0.508 e. The van der Waals surface area contributed by atoms with E-state index >= 15 is 0 Å². The molecule has 0 aliphatic rings. The van der Waals surface area contributed by atoms with Gasteiger partial charge in [-0.25, -0.2) is 8.42 Å². The Bertz CT molecular complexity index is 1220. The molecule has 0 spiro atoms. The molecule has 174 valence electrons. The van der Waals surface area contributed by atoms with Crippen LogP contribution in [-0.4, -0.2) is 37.8 Å². The van der Waals surface area contributed by atoms with Gasteiger partial charge in [0, 0.05) is 5.39 Å². The number of hydrogen-bond acceptors (Lipinski definition) is 5. The summed E-state index contributed by atoms with van der Waals surface area (Å²) in [6.45, 7) is 3.65. The van der Waals surface area contributed by atoms with Crippen molar-refractivity contribution in [3.8, 4) is 5.75 Å². The molecule has 0 saturated carbocycles. The maximum Gasteiger partial charge on any atom is 0.241 e. The first-order valence-electron chi connectivity index (χ1n) is 10.8. The van der Waals surface area contributed by atoms with Crippen LogP contribution in [0.5, 0.6) is 5.75 Å². The highest BCUT2D eigenvalue weighted by atomic mass is 32.2. The van der Waals surface area contributed by atoms with E-state index in [0.29, 0.717) is 18.1 Å². The van der Waals surface area contributed by atoms with Crippen LogP contribution in [0.15, 0.2) is 71.6 Å². The molecule has 3 N–H and O–H groups in total. The lowest BCUT2D eigenvalue weighted by atomic mass is 9.98. The Hall–Kier alpha value is -3.23. The molecule has 0 aromatic heterocycles. The topological polar surface area (TPSA) is 113 Å². The minimum absolute atomic E-state index is 0.0951. The van der Waals surface area contributed by atoms with Crippen LogP contribution in [-0.2, 0) is 26.0 Å². The van der Waals surface area contributed by atoms with E-state index in [1.54, 1.807) is 37.3 Å². The Kier molecular flexibility index (Phi) is 7.84. The molecule has 33 heavy (non-hydrogen) atoms. The molecular formula is C25H28N2O5S. The number of fused-ring (bicyclic) bond motifs is 1. The second-order valence-corrected chi connectivity index (χ2v) is 9.77. The lowest BCUT2D eigenvalue weighted by molar-refractivity contribution is -0.126. The Labute approximate surface area is 193 Å². The van der Waals surface area contributed by atoms with Crippen LogP contribution < -0.4 is 10.0 Å². The highest BCUT2D eigenvalue weighted by Crippen LogP contribution is 2.24. The fourth-order valence-corrected chi connectivity index (χ4v) is 5.15. The SMILES string of the molecule is CCC(C)[C@H](NS(=O)(=O)c1cccc2ccccc12)C(=O)N[C@H](C=O)Cc1ccc(O)cc1. The number of nitrogens with one attached hydrogen (secondary N) is 2. The Balaban J connectivity index is 1.83. The van der Waals surface area contributed by atoms with E-state index in [2.05, 4.69) is 10.0 Å². The average molecular weight is 469 g/mol. The molecule has 0 saturated heterocycles. The minimum atomic E-state index is -4.02. The number of rotatable bonds is 10. The smallest absolute Gasteiger partial charge is 0.241 e. The Morgan fingerprint density at radius 3 is 2.36 bits per heavy atom. The molecule has 3 aromatic rings. The Morgan fingerprint density at radius 2 is 1.70 bits per heavy atom. The molecular weight excluding hydrogens is 440 g/mol. The lowest BCUT2D eigenvalue weighted by Gasteiger charge is -2.25. The summed E-state index contributed by atoms with van der Waals surface area (Å²) in [6, 6.07) is 16.6. The average Bonchev–Trinajstić information content (AvgIpc) is 2.82. The van der Waals surface area contributed by atoms with Gasteiger partial charge in [-0.05, 0) is 41.5 Å². The van der Waals surface area contributed by atoms with Gasteiger partial charge in [0.15, 0.2) is 0 Å². The van der Waals surface area contributed by atoms with E-state index in [9.17, 15) is 23.1 Å². The van der Waals surface area contributed by atoms with Gasteiger partial charge < -0.3 is 15.2 Å². The molecule has 0 fully saturated rings. The molecule has 0 radical (unpaired) electrons. The van der Waals surface area contributed by atoms with Gasteiger partial charge >= 0.3 is 0 Å². The van der Waals surface area contributed by atoms with Gasteiger partial charge in [-0.3, -0.25) is 4.79 Å². The van der Waals surface area contributed by atoms with E-state index in [1.165, 1.54) is 18.2 Å². The minimum Gasteiger partial charge on any atom is -0.508 e. The number of carbonyl (C=O) groups excluding carboxylic acids is 2. The van der Waals surface area contributed by atoms with Crippen molar-refractivity contribution in [2.24, 2.45) is 5.92 Å². The third kappa shape index (κ3) is 5.97. The Morgan fingerprint density at radius 1 is 1.03 bits per heavy atom. The van der Waals surface area contributed by atoms with Gasteiger partial charge in [-0.15, -0.1) is 0 Å². The quantitative estimate of drug-likeness (QED) is 0.396. The number of amides is 1. The van der Waals surface area contributed by atoms with Gasteiger partial charge in [-0.1, -0.05) is 68.8 Å². The van der Waals surface area contributed by atoms with Crippen LogP contribution in [0.4, 0.5) is 0 Å². The molecule has 3 aromatic carbocycles. The first kappa shape index (κ1) is 24.4. The molecule has 7 nitrogen and oxygen atoms in total. The van der Waals surface area contributed by atoms with Gasteiger partial charge in [0.05, 0.1) is 10.9 Å². The van der Waals surface area contributed by atoms with Crippen LogP contribution in [0, 0.1) is 5.92 Å². The van der Waals surface area contributed by atoms with Crippen molar-refractivity contribution in [2.45, 2.75) is 43.7 Å². The van der Waals surface area contributed by atoms with Crippen LogP contribution in [0.25, 0.3) is 10.8 Å². The number of aldehydes is 1. The van der Waals surface area contributed by atoms with E-state index in [0.717, 1.165) is 10.9 Å². The summed E-state index contributed by atoms with van der Waals surface area (Å²) < 4.78 is 29.1. The van der Waals surface area contributed by atoms with Crippen molar-refractivity contribution in [3.63, 3.8) is 0 Å². The number of aromatic hydroxyl groups is 1. The second kappa shape index (κ2) is 10.6. The molecule has 0 aliphatic carbocycles. The summed E-state index contributed by atoms with van der Waals surface area (Å²) in [4.78, 5) is 24.8. The number of benzene rings is 3. The van der Waals surface area contributed by atoms with Crippen molar-refractivity contribution >= 4 is 33.0 Å². The van der Waals surface area contributed by atoms with Gasteiger partial charge in [0.25, 0.3) is 0 Å². The van der Waals surface area contributed by atoms with Gasteiger partial charge in [-0.2, -0.15) is 4.72 Å². The molecule has 1 amide bonds. The summed E-state index contributed by atoms with van der Waals surface area (Å²) in [6.07, 6.45) is 1.40. The van der Waals surface area contributed by atoms with E-state index in [-0.39, 0.29) is 23.0 Å². The lowest BCUT2D eigenvalue weighted by Crippen LogP contribution is -2.53. The summed E-state index contributed by atoms with van der Waals surface area (Å²) in [5.41, 5.74) is 0.752. The van der Waals surface area contributed by atoms with Crippen molar-refractivity contribution < 1.29 is 23.1 Å². The van der Waals surface area contributed by atoms with E-state index in [1.807, 2.05) is 25.1 Å². The molecule has 1 unspecified atom stereocenters. The number of hydrogen-bond donors (Lipinski definition) is 3. The summed E-state index contributed by atoms with van der Waals surface area (Å²) in [5, 5.41) is 13.4. The van der Waals surface area contributed by atoms with Crippen LogP contribution in [0.3, 0.4) is 0 Å². The summed E-state index contributed by atoms with van der Waals surface area (Å²) in [7, 11) is -4.02. The normalized spacial score (nSPS) is 14.4. The third-order valence-corrected chi connectivity index (χ3v) is 7.20. The summed E-state index contributed by atoms with van der Waals surface area (Å²) >= 11 is 0. The van der Waals surface area contributed by atoms with Crippen molar-refractivity contribution in [3.05, 3.63) is 72.3 Å². The highest BCUT2D eigenvalue weighted by molar-refractivity contribution is 7.89. The standard InChI is InChI=1S/C25H28N2O5S/c1-3-17(2)24(25(30)26-20(16-28)15-18-11-13-21(29)14-12-18)27-33(31,32)23-10-6-8-19-7-4-5-9-22(19)23/h4-14,16-17,20,24,27,29H,3,15H2,1-2H3,(H,26,30)/t17?,20-,24-/m0/s1. The molecule has 0 aliphatic heterocycles. The maximum absolute atomic E-state index is 13.3. The van der Waals surface area contributed by atoms with Crippen molar-refractivity contribution in [1.82, 2.24) is 10.0 Å². The number of sulfonamides is 1. The molecule has 0 heterocycles. The number of phenols is 1. The summed E-state index contributed by atoms with van der Waals surface area (Å²) in [5.74, 6) is -0.773. The van der Waals surface area contributed by atoms with Crippen molar-refractivity contribution in [1.29, 1.82) is 0 Å². The number of phenolic OH excluding ortho intramolecular Hbond substituents is 1. The molecule has 3 rings (SSSR count). The van der Waals surface area contributed by atoms with Gasteiger partial charge in [0.1, 0.15) is 18.1 Å². The monoisotopic (exact) mass is 468 g/mol. The zero-order valence-corrected chi connectivity index (χ0v) is 19.4. The van der Waals surface area contributed by atoms with Gasteiger partial charge in [0.2, 0.25) is 15.9 Å². The molecule has 8 heteroatoms. The second-order valence-electron chi connectivity index (χ2n) is 8.08.